The fourth-order valence-corrected chi connectivity index (χ4v) is 3.77. The first kappa shape index (κ1) is 16.1. The lowest BCUT2D eigenvalue weighted by Gasteiger charge is -2.33. The fourth-order valence-electron chi connectivity index (χ4n) is 2.94. The van der Waals surface area contributed by atoms with Crippen LogP contribution in [-0.4, -0.2) is 52.7 Å². The van der Waals surface area contributed by atoms with Crippen molar-refractivity contribution in [3.8, 4) is 0 Å². The van der Waals surface area contributed by atoms with Crippen LogP contribution in [0.15, 0.2) is 50.2 Å². The summed E-state index contributed by atoms with van der Waals surface area (Å²) >= 11 is 1.68. The van der Waals surface area contributed by atoms with Gasteiger partial charge in [-0.2, -0.15) is 0 Å². The first-order chi connectivity index (χ1) is 12.3. The molecule has 0 aliphatic carbocycles. The lowest BCUT2D eigenvalue weighted by molar-refractivity contribution is 0.320. The molecule has 2 N–H and O–H groups in total. The van der Waals surface area contributed by atoms with Crippen LogP contribution < -0.4 is 10.6 Å². The molecule has 0 bridgehead atoms. The highest BCUT2D eigenvalue weighted by atomic mass is 32.2. The molecule has 0 amide bonds. The Morgan fingerprint density at radius 1 is 1.28 bits per heavy atom. The quantitative estimate of drug-likeness (QED) is 0.847. The summed E-state index contributed by atoms with van der Waals surface area (Å²) in [7, 11) is 0. The van der Waals surface area contributed by atoms with E-state index in [1.165, 1.54) is 0 Å². The molecule has 4 rings (SSSR count). The summed E-state index contributed by atoms with van der Waals surface area (Å²) in [6.45, 7) is 4.53. The number of anilines is 1. The Kier molecular flexibility index (Phi) is 4.69. The molecule has 4 heterocycles. The first-order valence-corrected chi connectivity index (χ1v) is 9.29. The molecule has 0 unspecified atom stereocenters. The molecular weight excluding hydrogens is 334 g/mol. The van der Waals surface area contributed by atoms with Gasteiger partial charge in [-0.25, -0.2) is 20.0 Å². The number of hydrogen-bond acceptors (Lipinski definition) is 8. The molecule has 1 radical (unpaired) electrons. The lowest BCUT2D eigenvalue weighted by atomic mass is 10.1. The Labute approximate surface area is 151 Å². The number of allylic oxidation sites excluding steroid dienone is 1. The summed E-state index contributed by atoms with van der Waals surface area (Å²) in [5, 5.41) is 9.91. The van der Waals surface area contributed by atoms with Gasteiger partial charge < -0.3 is 15.5 Å². The van der Waals surface area contributed by atoms with Crippen molar-refractivity contribution in [2.75, 3.05) is 25.0 Å². The van der Waals surface area contributed by atoms with E-state index in [0.29, 0.717) is 18.5 Å². The molecular formula is C17H20N7S. The van der Waals surface area contributed by atoms with Crippen LogP contribution in [0, 0.1) is 0 Å². The second kappa shape index (κ2) is 7.26. The van der Waals surface area contributed by atoms with Gasteiger partial charge in [-0.15, -0.1) is 0 Å². The third-order valence-corrected chi connectivity index (χ3v) is 5.34. The van der Waals surface area contributed by atoms with E-state index in [1.807, 2.05) is 13.0 Å². The molecule has 7 nitrogen and oxygen atoms in total. The molecule has 25 heavy (non-hydrogen) atoms. The average Bonchev–Trinajstić information content (AvgIpc) is 3.10. The number of aromatic nitrogens is 2. The zero-order valence-electron chi connectivity index (χ0n) is 14.1. The maximum Gasteiger partial charge on any atom is 0.222 e. The molecule has 0 atom stereocenters. The number of nitrogens with one attached hydrogen (secondary N) is 2. The van der Waals surface area contributed by atoms with E-state index in [1.54, 1.807) is 24.2 Å². The molecule has 0 spiro atoms. The fraction of sp³-hybridized carbons (Fsp3) is 0.412. The number of rotatable bonds is 2. The van der Waals surface area contributed by atoms with Crippen LogP contribution >= 0.6 is 11.8 Å². The average molecular weight is 354 g/mol. The van der Waals surface area contributed by atoms with E-state index < -0.39 is 0 Å². The van der Waals surface area contributed by atoms with Gasteiger partial charge >= 0.3 is 0 Å². The van der Waals surface area contributed by atoms with Gasteiger partial charge in [0.1, 0.15) is 6.21 Å². The molecule has 3 aliphatic rings. The van der Waals surface area contributed by atoms with Crippen molar-refractivity contribution < 1.29 is 0 Å². The third kappa shape index (κ3) is 3.84. The van der Waals surface area contributed by atoms with Crippen molar-refractivity contribution in [2.24, 2.45) is 9.98 Å². The lowest BCUT2D eigenvalue weighted by Crippen LogP contribution is -2.42. The predicted molar refractivity (Wildman–Crippen MR) is 101 cm³/mol. The number of piperidine rings is 1. The van der Waals surface area contributed by atoms with Gasteiger partial charge in [-0.3, -0.25) is 0 Å². The van der Waals surface area contributed by atoms with Crippen LogP contribution in [0.4, 0.5) is 5.95 Å². The molecule has 8 heteroatoms. The Morgan fingerprint density at radius 3 is 2.72 bits per heavy atom. The summed E-state index contributed by atoms with van der Waals surface area (Å²) in [6, 6.07) is 2.21. The summed E-state index contributed by atoms with van der Waals surface area (Å²) in [4.78, 5) is 19.8. The molecule has 129 valence electrons. The van der Waals surface area contributed by atoms with Gasteiger partial charge in [0.05, 0.1) is 11.6 Å². The number of guanidine groups is 1. The van der Waals surface area contributed by atoms with Crippen LogP contribution in [0.5, 0.6) is 0 Å². The topological polar surface area (TPSA) is 77.8 Å². The van der Waals surface area contributed by atoms with Crippen molar-refractivity contribution in [3.05, 3.63) is 40.2 Å². The van der Waals surface area contributed by atoms with Crippen molar-refractivity contribution in [1.29, 1.82) is 0 Å². The third-order valence-electron chi connectivity index (χ3n) is 4.28. The van der Waals surface area contributed by atoms with Crippen LogP contribution in [0.3, 0.4) is 0 Å². The monoisotopic (exact) mass is 354 g/mol. The van der Waals surface area contributed by atoms with Crippen molar-refractivity contribution in [2.45, 2.75) is 25.8 Å². The minimum Gasteiger partial charge on any atom is -0.353 e. The standard InChI is InChI=1S/C17H20N7S/c1-12-11-25-15(22-12)13-9-20-17(21-10-13)24-7-3-14(4-8-24)23-16-18-5-2-6-19-16/h2,5-6,11,14,22H,3-4,7-9H2,1H3,(H,18,19,23). The number of nitrogens with zero attached hydrogens (tertiary/aromatic N) is 5. The van der Waals surface area contributed by atoms with E-state index in [0.717, 1.165) is 48.2 Å². The maximum absolute atomic E-state index is 4.65. The Balaban J connectivity index is 1.30. The first-order valence-electron chi connectivity index (χ1n) is 8.41. The summed E-state index contributed by atoms with van der Waals surface area (Å²) in [6.07, 6.45) is 8.70. The van der Waals surface area contributed by atoms with E-state index in [-0.39, 0.29) is 0 Å². The zero-order chi connectivity index (χ0) is 17.1. The van der Waals surface area contributed by atoms with Crippen LogP contribution in [0.2, 0.25) is 0 Å². The molecule has 3 aliphatic heterocycles. The van der Waals surface area contributed by atoms with Gasteiger partial charge in [-0.05, 0) is 31.2 Å². The smallest absolute Gasteiger partial charge is 0.222 e. The minimum atomic E-state index is 0.390. The molecule has 1 aromatic heterocycles. The minimum absolute atomic E-state index is 0.390. The highest BCUT2D eigenvalue weighted by Gasteiger charge is 2.23. The highest BCUT2D eigenvalue weighted by Crippen LogP contribution is 2.27. The van der Waals surface area contributed by atoms with Crippen molar-refractivity contribution >= 4 is 29.9 Å². The maximum atomic E-state index is 4.65. The second-order valence-electron chi connectivity index (χ2n) is 6.17. The normalized spacial score (nSPS) is 24.0. The molecule has 1 fully saturated rings. The van der Waals surface area contributed by atoms with E-state index in [9.17, 15) is 0 Å². The number of hydrogen-bond donors (Lipinski definition) is 2. The molecule has 0 aromatic carbocycles. The summed E-state index contributed by atoms with van der Waals surface area (Å²) in [5.74, 6) is 1.50. The van der Waals surface area contributed by atoms with Crippen molar-refractivity contribution in [3.63, 3.8) is 0 Å². The van der Waals surface area contributed by atoms with Gasteiger partial charge in [-0.1, -0.05) is 11.8 Å². The Bertz CT molecular complexity index is 746. The largest absolute Gasteiger partial charge is 0.353 e. The Morgan fingerprint density at radius 2 is 2.08 bits per heavy atom. The zero-order valence-corrected chi connectivity index (χ0v) is 14.9. The summed E-state index contributed by atoms with van der Waals surface area (Å²) < 4.78 is 0. The molecule has 1 saturated heterocycles. The molecule has 1 aromatic rings. The highest BCUT2D eigenvalue weighted by molar-refractivity contribution is 8.06. The summed E-state index contributed by atoms with van der Waals surface area (Å²) in [5.41, 5.74) is 2.18. The van der Waals surface area contributed by atoms with Crippen LogP contribution in [-0.2, 0) is 0 Å². The predicted octanol–water partition coefficient (Wildman–Crippen LogP) is 2.08. The van der Waals surface area contributed by atoms with E-state index in [2.05, 4.69) is 47.1 Å². The molecule has 0 saturated carbocycles. The Hall–Kier alpha value is -2.35. The number of aliphatic imine (C=N–C) groups is 2. The second-order valence-corrected chi connectivity index (χ2v) is 7.05. The van der Waals surface area contributed by atoms with Gasteiger partial charge in [0.15, 0.2) is 0 Å². The number of likely N-dealkylation sites (tertiary alicyclic amines) is 1. The van der Waals surface area contributed by atoms with Gasteiger partial charge in [0.25, 0.3) is 0 Å². The van der Waals surface area contributed by atoms with E-state index in [4.69, 9.17) is 0 Å². The van der Waals surface area contributed by atoms with Crippen molar-refractivity contribution in [1.82, 2.24) is 20.2 Å². The van der Waals surface area contributed by atoms with Crippen LogP contribution in [0.1, 0.15) is 19.8 Å². The SMILES string of the molecule is CC1=CSC(=C2[C]=NC(N3CCC(Nc4ncccn4)CC3)=NC2)N1. The van der Waals surface area contributed by atoms with Crippen LogP contribution in [0.25, 0.3) is 0 Å². The van der Waals surface area contributed by atoms with Gasteiger partial charge in [0.2, 0.25) is 11.9 Å². The number of thioether (sulfide) groups is 1. The van der Waals surface area contributed by atoms with Gasteiger partial charge in [0, 0.05) is 42.8 Å². The van der Waals surface area contributed by atoms with E-state index >= 15 is 0 Å².